The van der Waals surface area contributed by atoms with Gasteiger partial charge in [0.15, 0.2) is 0 Å². The predicted molar refractivity (Wildman–Crippen MR) is 108 cm³/mol. The van der Waals surface area contributed by atoms with Crippen molar-refractivity contribution in [3.63, 3.8) is 0 Å². The smallest absolute Gasteiger partial charge is 0.308 e. The highest BCUT2D eigenvalue weighted by Crippen LogP contribution is 2.36. The molecule has 0 atom stereocenters. The molecule has 0 fully saturated rings. The van der Waals surface area contributed by atoms with Gasteiger partial charge in [0.05, 0.1) is 17.8 Å². The summed E-state index contributed by atoms with van der Waals surface area (Å²) in [6.07, 6.45) is 2.06. The first-order chi connectivity index (χ1) is 12.1. The van der Waals surface area contributed by atoms with Crippen LogP contribution in [0.25, 0.3) is 5.70 Å². The number of hydrogen-bond donors (Lipinski definition) is 1. The Hall–Kier alpha value is -1.98. The van der Waals surface area contributed by atoms with Gasteiger partial charge in [0.1, 0.15) is 0 Å². The first-order valence-corrected chi connectivity index (χ1v) is 10.1. The highest BCUT2D eigenvalue weighted by molar-refractivity contribution is 8.04. The summed E-state index contributed by atoms with van der Waals surface area (Å²) in [5.74, 6) is -0.133. The van der Waals surface area contributed by atoms with E-state index in [1.165, 1.54) is 10.5 Å². The fourth-order valence-electron chi connectivity index (χ4n) is 2.59. The monoisotopic (exact) mass is 369 g/mol. The molecule has 128 valence electrons. The maximum absolute atomic E-state index is 11.2. The fraction of sp³-hybridized carbons (Fsp3) is 0.200. The molecule has 1 aliphatic rings. The van der Waals surface area contributed by atoms with Crippen LogP contribution in [-0.4, -0.2) is 28.8 Å². The number of aliphatic carboxylic acids is 1. The van der Waals surface area contributed by atoms with Gasteiger partial charge in [0, 0.05) is 21.1 Å². The predicted octanol–water partition coefficient (Wildman–Crippen LogP) is 5.10. The van der Waals surface area contributed by atoms with E-state index in [0.29, 0.717) is 5.75 Å². The van der Waals surface area contributed by atoms with E-state index >= 15 is 0 Å². The third-order valence-electron chi connectivity index (χ3n) is 3.95. The van der Waals surface area contributed by atoms with Crippen LogP contribution >= 0.6 is 23.5 Å². The molecule has 0 saturated heterocycles. The number of aliphatic imine (C=N–C) groups is 1. The number of thioether (sulfide) groups is 2. The second-order valence-electron chi connectivity index (χ2n) is 5.78. The lowest BCUT2D eigenvalue weighted by molar-refractivity contribution is -0.136. The Morgan fingerprint density at radius 1 is 1.12 bits per heavy atom. The summed E-state index contributed by atoms with van der Waals surface area (Å²) in [4.78, 5) is 18.1. The van der Waals surface area contributed by atoms with Crippen LogP contribution in [0.5, 0.6) is 0 Å². The van der Waals surface area contributed by atoms with Gasteiger partial charge in [-0.15, -0.1) is 23.5 Å². The average Bonchev–Trinajstić information content (AvgIpc) is 2.62. The van der Waals surface area contributed by atoms with Crippen molar-refractivity contribution >= 4 is 40.9 Å². The van der Waals surface area contributed by atoms with Gasteiger partial charge in [-0.2, -0.15) is 0 Å². The second-order valence-corrected chi connectivity index (χ2v) is 7.73. The number of carboxylic acids is 1. The van der Waals surface area contributed by atoms with E-state index < -0.39 is 5.97 Å². The number of rotatable bonds is 5. The van der Waals surface area contributed by atoms with Gasteiger partial charge in [0.2, 0.25) is 0 Å². The number of carboxylic acid groups (broad SMARTS) is 1. The van der Waals surface area contributed by atoms with Gasteiger partial charge in [0.25, 0.3) is 0 Å². The molecule has 0 radical (unpaired) electrons. The number of carbonyl (C=O) groups is 1. The van der Waals surface area contributed by atoms with Crippen LogP contribution in [0.15, 0.2) is 63.3 Å². The summed E-state index contributed by atoms with van der Waals surface area (Å²) in [5, 5.41) is 9.22. The quantitative estimate of drug-likeness (QED) is 0.745. The Labute approximate surface area is 156 Å². The number of nitrogens with zero attached hydrogens (tertiary/aromatic N) is 1. The molecule has 0 aromatic heterocycles. The first-order valence-electron chi connectivity index (χ1n) is 7.93. The van der Waals surface area contributed by atoms with Crippen molar-refractivity contribution in [1.29, 1.82) is 0 Å². The minimum Gasteiger partial charge on any atom is -0.481 e. The zero-order chi connectivity index (χ0) is 17.8. The maximum Gasteiger partial charge on any atom is 0.308 e. The van der Waals surface area contributed by atoms with Crippen molar-refractivity contribution in [2.75, 3.05) is 12.0 Å². The molecule has 0 bridgehead atoms. The Balaban J connectivity index is 2.02. The molecule has 1 aliphatic heterocycles. The minimum atomic E-state index is -0.824. The largest absolute Gasteiger partial charge is 0.481 e. The van der Waals surface area contributed by atoms with Crippen LogP contribution in [-0.2, 0) is 4.79 Å². The molecule has 3 rings (SSSR count). The SMILES string of the molecule is CSc1ccc(C2=NC(c3ccc(C)cc3)=C(CC(=O)O)SC2)cc1. The molecule has 2 aromatic carbocycles. The highest BCUT2D eigenvalue weighted by atomic mass is 32.2. The van der Waals surface area contributed by atoms with Crippen LogP contribution in [0.1, 0.15) is 23.1 Å². The second kappa shape index (κ2) is 7.93. The van der Waals surface area contributed by atoms with Crippen molar-refractivity contribution in [2.24, 2.45) is 4.99 Å². The molecular weight excluding hydrogens is 350 g/mol. The molecule has 0 unspecified atom stereocenters. The lowest BCUT2D eigenvalue weighted by Crippen LogP contribution is -2.11. The molecule has 5 heteroatoms. The van der Waals surface area contributed by atoms with Gasteiger partial charge < -0.3 is 5.11 Å². The van der Waals surface area contributed by atoms with E-state index in [1.54, 1.807) is 23.5 Å². The molecule has 0 amide bonds. The van der Waals surface area contributed by atoms with E-state index in [9.17, 15) is 9.90 Å². The van der Waals surface area contributed by atoms with Crippen LogP contribution < -0.4 is 0 Å². The lowest BCUT2D eigenvalue weighted by atomic mass is 10.1. The Morgan fingerprint density at radius 3 is 2.36 bits per heavy atom. The summed E-state index contributed by atoms with van der Waals surface area (Å²) in [7, 11) is 0. The fourth-order valence-corrected chi connectivity index (χ4v) is 4.07. The van der Waals surface area contributed by atoms with Gasteiger partial charge >= 0.3 is 5.97 Å². The summed E-state index contributed by atoms with van der Waals surface area (Å²) in [6.45, 7) is 2.04. The molecule has 2 aromatic rings. The summed E-state index contributed by atoms with van der Waals surface area (Å²) in [5.41, 5.74) is 4.99. The molecule has 0 spiro atoms. The van der Waals surface area contributed by atoms with Crippen molar-refractivity contribution in [3.05, 3.63) is 70.1 Å². The van der Waals surface area contributed by atoms with E-state index in [2.05, 4.69) is 30.5 Å². The van der Waals surface area contributed by atoms with E-state index in [0.717, 1.165) is 27.4 Å². The Kier molecular flexibility index (Phi) is 5.66. The van der Waals surface area contributed by atoms with Crippen molar-refractivity contribution in [1.82, 2.24) is 0 Å². The van der Waals surface area contributed by atoms with Crippen molar-refractivity contribution in [3.8, 4) is 0 Å². The van der Waals surface area contributed by atoms with Crippen LogP contribution in [0, 0.1) is 6.92 Å². The molecule has 1 N–H and O–H groups in total. The highest BCUT2D eigenvalue weighted by Gasteiger charge is 2.20. The molecule has 0 aliphatic carbocycles. The molecular formula is C20H19NO2S2. The molecule has 1 heterocycles. The van der Waals surface area contributed by atoms with Crippen LogP contribution in [0.4, 0.5) is 0 Å². The third-order valence-corrected chi connectivity index (χ3v) is 5.80. The number of aryl methyl sites for hydroxylation is 1. The van der Waals surface area contributed by atoms with Gasteiger partial charge in [-0.3, -0.25) is 9.79 Å². The molecule has 0 saturated carbocycles. The zero-order valence-electron chi connectivity index (χ0n) is 14.2. The van der Waals surface area contributed by atoms with Crippen molar-refractivity contribution in [2.45, 2.75) is 18.2 Å². The van der Waals surface area contributed by atoms with E-state index in [-0.39, 0.29) is 6.42 Å². The van der Waals surface area contributed by atoms with Gasteiger partial charge in [-0.1, -0.05) is 42.0 Å². The molecule has 25 heavy (non-hydrogen) atoms. The minimum absolute atomic E-state index is 0.00999. The van der Waals surface area contributed by atoms with Gasteiger partial charge in [-0.25, -0.2) is 0 Å². The van der Waals surface area contributed by atoms with Crippen LogP contribution in [0.3, 0.4) is 0 Å². The standard InChI is InChI=1S/C20H19NO2S2/c1-13-3-5-15(6-4-13)20-18(11-19(22)23)25-12-17(21-20)14-7-9-16(24-2)10-8-14/h3-10H,11-12H2,1-2H3,(H,22,23). The average molecular weight is 370 g/mol. The number of benzene rings is 2. The maximum atomic E-state index is 11.2. The lowest BCUT2D eigenvalue weighted by Gasteiger charge is -2.19. The van der Waals surface area contributed by atoms with Gasteiger partial charge in [-0.05, 0) is 30.9 Å². The first kappa shape index (κ1) is 17.8. The zero-order valence-corrected chi connectivity index (χ0v) is 15.8. The van der Waals surface area contributed by atoms with Crippen molar-refractivity contribution < 1.29 is 9.90 Å². The normalized spacial score (nSPS) is 14.4. The topological polar surface area (TPSA) is 49.7 Å². The third kappa shape index (κ3) is 4.35. The van der Waals surface area contributed by atoms with E-state index in [4.69, 9.17) is 4.99 Å². The van der Waals surface area contributed by atoms with Crippen LogP contribution in [0.2, 0.25) is 0 Å². The van der Waals surface area contributed by atoms with E-state index in [1.807, 2.05) is 31.2 Å². The Bertz CT molecular complexity index is 837. The summed E-state index contributed by atoms with van der Waals surface area (Å²) < 4.78 is 0. The Morgan fingerprint density at radius 2 is 1.76 bits per heavy atom. The number of hydrogen-bond acceptors (Lipinski definition) is 4. The summed E-state index contributed by atoms with van der Waals surface area (Å²) in [6, 6.07) is 16.4. The molecule has 3 nitrogen and oxygen atoms in total. The summed E-state index contributed by atoms with van der Waals surface area (Å²) >= 11 is 3.28.